The summed E-state index contributed by atoms with van der Waals surface area (Å²) in [5.74, 6) is -1.24. The molecule has 0 fully saturated rings. The van der Waals surface area contributed by atoms with Crippen molar-refractivity contribution in [3.8, 4) is 0 Å². The molecule has 0 rings (SSSR count). The van der Waals surface area contributed by atoms with Crippen LogP contribution < -0.4 is 5.32 Å². The first kappa shape index (κ1) is 49.9. The SMILES string of the molecule is CCCCCCCC/C=C\CCCCCCCCCC(=O)OC(CCC/C=C\CCCCCCCCCC)CCCCCCCC(=O)NCC(=O)O. The molecule has 6 nitrogen and oxygen atoms in total. The first-order chi connectivity index (χ1) is 25.5. The Morgan fingerprint density at radius 3 is 1.31 bits per heavy atom. The Kier molecular flexibility index (Phi) is 40.0. The Bertz CT molecular complexity index is 854. The summed E-state index contributed by atoms with van der Waals surface area (Å²) in [6.45, 7) is 4.23. The van der Waals surface area contributed by atoms with Crippen LogP contribution in [0.15, 0.2) is 24.3 Å². The molecule has 304 valence electrons. The maximum absolute atomic E-state index is 12.8. The highest BCUT2D eigenvalue weighted by molar-refractivity contribution is 5.80. The van der Waals surface area contributed by atoms with E-state index in [1.807, 2.05) is 0 Å². The molecule has 1 amide bonds. The van der Waals surface area contributed by atoms with Crippen molar-refractivity contribution >= 4 is 17.8 Å². The molecule has 0 saturated carbocycles. The Hall–Kier alpha value is -2.11. The molecule has 0 aromatic carbocycles. The average Bonchev–Trinajstić information content (AvgIpc) is 3.13. The van der Waals surface area contributed by atoms with Crippen LogP contribution in [0, 0.1) is 0 Å². The van der Waals surface area contributed by atoms with Crippen LogP contribution in [0.1, 0.15) is 239 Å². The molecule has 1 atom stereocenters. The first-order valence-corrected chi connectivity index (χ1v) is 22.5. The molecule has 0 bridgehead atoms. The number of ether oxygens (including phenoxy) is 1. The van der Waals surface area contributed by atoms with Crippen molar-refractivity contribution in [1.82, 2.24) is 5.32 Å². The maximum atomic E-state index is 12.8. The van der Waals surface area contributed by atoms with E-state index >= 15 is 0 Å². The number of unbranched alkanes of at least 4 members (excludes halogenated alkanes) is 26. The number of nitrogens with one attached hydrogen (secondary N) is 1. The molecule has 0 aromatic heterocycles. The maximum Gasteiger partial charge on any atom is 0.322 e. The quantitative estimate of drug-likeness (QED) is 0.0371. The number of carbonyl (C=O) groups excluding carboxylic acids is 2. The van der Waals surface area contributed by atoms with E-state index < -0.39 is 5.97 Å². The van der Waals surface area contributed by atoms with Crippen LogP contribution in [0.4, 0.5) is 0 Å². The molecular formula is C46H85NO5. The first-order valence-electron chi connectivity index (χ1n) is 22.5. The summed E-state index contributed by atoms with van der Waals surface area (Å²) in [5, 5.41) is 11.1. The summed E-state index contributed by atoms with van der Waals surface area (Å²) in [6, 6.07) is 0. The Morgan fingerprint density at radius 2 is 0.846 bits per heavy atom. The zero-order valence-corrected chi connectivity index (χ0v) is 34.4. The van der Waals surface area contributed by atoms with Crippen LogP contribution in [-0.4, -0.2) is 35.6 Å². The zero-order chi connectivity index (χ0) is 38.0. The van der Waals surface area contributed by atoms with Gasteiger partial charge in [-0.3, -0.25) is 14.4 Å². The predicted molar refractivity (Wildman–Crippen MR) is 222 cm³/mol. The van der Waals surface area contributed by atoms with Gasteiger partial charge in [0.15, 0.2) is 0 Å². The van der Waals surface area contributed by atoms with Gasteiger partial charge >= 0.3 is 11.9 Å². The third kappa shape index (κ3) is 40.7. The fourth-order valence-electron chi connectivity index (χ4n) is 6.75. The van der Waals surface area contributed by atoms with Crippen molar-refractivity contribution in [2.45, 2.75) is 245 Å². The second-order valence-electron chi connectivity index (χ2n) is 15.3. The summed E-state index contributed by atoms with van der Waals surface area (Å²) >= 11 is 0. The number of aliphatic carboxylic acids is 1. The summed E-state index contributed by atoms with van der Waals surface area (Å²) in [7, 11) is 0. The molecule has 2 N–H and O–H groups in total. The van der Waals surface area contributed by atoms with Crippen molar-refractivity contribution in [2.75, 3.05) is 6.54 Å². The minimum atomic E-state index is -1.02. The van der Waals surface area contributed by atoms with Gasteiger partial charge in [0, 0.05) is 12.8 Å². The van der Waals surface area contributed by atoms with Gasteiger partial charge in [-0.1, -0.05) is 167 Å². The molecule has 52 heavy (non-hydrogen) atoms. The van der Waals surface area contributed by atoms with E-state index in [4.69, 9.17) is 9.84 Å². The monoisotopic (exact) mass is 732 g/mol. The second-order valence-corrected chi connectivity index (χ2v) is 15.3. The van der Waals surface area contributed by atoms with Crippen molar-refractivity contribution in [3.63, 3.8) is 0 Å². The van der Waals surface area contributed by atoms with Gasteiger partial charge in [0.1, 0.15) is 12.6 Å². The fourth-order valence-corrected chi connectivity index (χ4v) is 6.75. The number of hydrogen-bond acceptors (Lipinski definition) is 4. The summed E-state index contributed by atoms with van der Waals surface area (Å²) in [5.41, 5.74) is 0. The van der Waals surface area contributed by atoms with Gasteiger partial charge in [0.2, 0.25) is 5.91 Å². The second kappa shape index (κ2) is 41.6. The molecule has 1 unspecified atom stereocenters. The number of allylic oxidation sites excluding steroid dienone is 4. The van der Waals surface area contributed by atoms with E-state index in [0.29, 0.717) is 12.8 Å². The number of carboxylic acids is 1. The lowest BCUT2D eigenvalue weighted by molar-refractivity contribution is -0.150. The number of hydrogen-bond donors (Lipinski definition) is 2. The largest absolute Gasteiger partial charge is 0.480 e. The Morgan fingerprint density at radius 1 is 0.481 bits per heavy atom. The lowest BCUT2D eigenvalue weighted by atomic mass is 10.0. The zero-order valence-electron chi connectivity index (χ0n) is 34.4. The van der Waals surface area contributed by atoms with E-state index in [0.717, 1.165) is 70.6 Å². The van der Waals surface area contributed by atoms with Crippen molar-refractivity contribution in [2.24, 2.45) is 0 Å². The molecule has 0 aliphatic rings. The predicted octanol–water partition coefficient (Wildman–Crippen LogP) is 13.9. The molecule has 0 saturated heterocycles. The van der Waals surface area contributed by atoms with Gasteiger partial charge in [0.25, 0.3) is 0 Å². The van der Waals surface area contributed by atoms with Gasteiger partial charge < -0.3 is 15.2 Å². The van der Waals surface area contributed by atoms with E-state index in [9.17, 15) is 14.4 Å². The number of amides is 1. The van der Waals surface area contributed by atoms with Gasteiger partial charge in [-0.2, -0.15) is 0 Å². The third-order valence-electron chi connectivity index (χ3n) is 10.1. The minimum Gasteiger partial charge on any atom is -0.480 e. The summed E-state index contributed by atoms with van der Waals surface area (Å²) in [4.78, 5) is 35.0. The molecule has 0 spiro atoms. The Labute approximate surface area is 322 Å². The van der Waals surface area contributed by atoms with Gasteiger partial charge in [-0.15, -0.1) is 0 Å². The van der Waals surface area contributed by atoms with Crippen molar-refractivity contribution < 1.29 is 24.2 Å². The number of carboxylic acid groups (broad SMARTS) is 1. The molecule has 0 radical (unpaired) electrons. The molecule has 0 heterocycles. The van der Waals surface area contributed by atoms with Crippen LogP contribution in [0.5, 0.6) is 0 Å². The average molecular weight is 732 g/mol. The number of carbonyl (C=O) groups is 3. The molecular weight excluding hydrogens is 647 g/mol. The fraction of sp³-hybridized carbons (Fsp3) is 0.848. The number of rotatable bonds is 41. The van der Waals surface area contributed by atoms with Crippen LogP contribution in [0.25, 0.3) is 0 Å². The highest BCUT2D eigenvalue weighted by atomic mass is 16.5. The number of esters is 1. The highest BCUT2D eigenvalue weighted by Crippen LogP contribution is 2.18. The van der Waals surface area contributed by atoms with Crippen LogP contribution in [0.3, 0.4) is 0 Å². The van der Waals surface area contributed by atoms with Gasteiger partial charge in [-0.05, 0) is 83.5 Å². The van der Waals surface area contributed by atoms with Crippen molar-refractivity contribution in [1.29, 1.82) is 0 Å². The Balaban J connectivity index is 4.17. The van der Waals surface area contributed by atoms with E-state index in [2.05, 4.69) is 43.5 Å². The molecule has 0 aliphatic carbocycles. The highest BCUT2D eigenvalue weighted by Gasteiger charge is 2.14. The lowest BCUT2D eigenvalue weighted by Crippen LogP contribution is -2.28. The van der Waals surface area contributed by atoms with Crippen LogP contribution >= 0.6 is 0 Å². The third-order valence-corrected chi connectivity index (χ3v) is 10.1. The van der Waals surface area contributed by atoms with E-state index in [1.165, 1.54) is 141 Å². The van der Waals surface area contributed by atoms with E-state index in [-0.39, 0.29) is 24.5 Å². The topological polar surface area (TPSA) is 92.7 Å². The van der Waals surface area contributed by atoms with Gasteiger partial charge in [0.05, 0.1) is 0 Å². The molecule has 6 heteroatoms. The standard InChI is InChI=1S/C46H85NO5/c1-3-5-7-9-11-13-15-17-18-19-20-22-24-26-28-33-37-41-46(51)52-43(39-35-31-29-32-36-40-44(48)47-42-45(49)50)38-34-30-27-25-23-21-16-14-12-10-8-6-4-2/h17-18,25,27,43H,3-16,19-24,26,28-42H2,1-2H3,(H,47,48)(H,49,50)/b18-17-,27-25-. The molecule has 0 aromatic rings. The summed E-state index contributed by atoms with van der Waals surface area (Å²) < 4.78 is 6.02. The van der Waals surface area contributed by atoms with Crippen LogP contribution in [-0.2, 0) is 19.1 Å². The van der Waals surface area contributed by atoms with Gasteiger partial charge in [-0.25, -0.2) is 0 Å². The normalized spacial score (nSPS) is 12.2. The summed E-state index contributed by atoms with van der Waals surface area (Å²) in [6.07, 6.45) is 50.2. The minimum absolute atomic E-state index is 0.00440. The smallest absolute Gasteiger partial charge is 0.322 e. The van der Waals surface area contributed by atoms with Crippen LogP contribution in [0.2, 0.25) is 0 Å². The lowest BCUT2D eigenvalue weighted by Gasteiger charge is -2.18. The van der Waals surface area contributed by atoms with E-state index in [1.54, 1.807) is 0 Å². The van der Waals surface area contributed by atoms with Crippen molar-refractivity contribution in [3.05, 3.63) is 24.3 Å². The molecule has 0 aliphatic heterocycles.